The van der Waals surface area contributed by atoms with Crippen LogP contribution in [0.25, 0.3) is 5.69 Å². The van der Waals surface area contributed by atoms with E-state index in [9.17, 15) is 4.79 Å². The third-order valence-electron chi connectivity index (χ3n) is 1.64. The van der Waals surface area contributed by atoms with Crippen LogP contribution in [-0.2, 0) is 0 Å². The number of aromatic amines is 1. The number of H-pyrrole nitrogens is 1. The van der Waals surface area contributed by atoms with Gasteiger partial charge in [0.2, 0.25) is 0 Å². The van der Waals surface area contributed by atoms with Gasteiger partial charge in [0.05, 0.1) is 5.69 Å². The maximum absolute atomic E-state index is 11.1. The van der Waals surface area contributed by atoms with Crippen molar-refractivity contribution in [3.63, 3.8) is 0 Å². The van der Waals surface area contributed by atoms with Gasteiger partial charge in [0.15, 0.2) is 0 Å². The van der Waals surface area contributed by atoms with Crippen molar-refractivity contribution in [2.24, 2.45) is 0 Å². The molecule has 1 aromatic carbocycles. The summed E-state index contributed by atoms with van der Waals surface area (Å²) in [6.45, 7) is 0. The Kier molecular flexibility index (Phi) is 1.90. The monoisotopic (exact) mass is 195 g/mol. The minimum atomic E-state index is -0.331. The maximum atomic E-state index is 11.1. The first-order chi connectivity index (χ1) is 6.27. The SMILES string of the molecule is O=c1nc[nH]n1-c1ccc(Cl)cc1. The highest BCUT2D eigenvalue weighted by Crippen LogP contribution is 2.10. The Morgan fingerprint density at radius 1 is 1.31 bits per heavy atom. The molecule has 0 fully saturated rings. The molecule has 0 aliphatic heterocycles. The minimum absolute atomic E-state index is 0.331. The second-order valence-corrected chi connectivity index (χ2v) is 2.92. The van der Waals surface area contributed by atoms with Crippen molar-refractivity contribution >= 4 is 11.6 Å². The number of hydrogen-bond donors (Lipinski definition) is 1. The quantitative estimate of drug-likeness (QED) is 0.744. The van der Waals surface area contributed by atoms with Gasteiger partial charge < -0.3 is 0 Å². The number of benzene rings is 1. The van der Waals surface area contributed by atoms with Crippen LogP contribution in [0.3, 0.4) is 0 Å². The van der Waals surface area contributed by atoms with E-state index >= 15 is 0 Å². The molecule has 13 heavy (non-hydrogen) atoms. The van der Waals surface area contributed by atoms with E-state index in [0.29, 0.717) is 10.7 Å². The first kappa shape index (κ1) is 8.07. The van der Waals surface area contributed by atoms with E-state index in [1.54, 1.807) is 24.3 Å². The molecule has 0 radical (unpaired) electrons. The molecule has 1 aromatic heterocycles. The molecule has 0 aliphatic rings. The van der Waals surface area contributed by atoms with Crippen LogP contribution >= 0.6 is 11.6 Å². The van der Waals surface area contributed by atoms with Crippen LogP contribution in [0.2, 0.25) is 5.02 Å². The van der Waals surface area contributed by atoms with Crippen LogP contribution in [0.4, 0.5) is 0 Å². The summed E-state index contributed by atoms with van der Waals surface area (Å²) in [7, 11) is 0. The highest BCUT2D eigenvalue weighted by Gasteiger charge is 1.99. The highest BCUT2D eigenvalue weighted by molar-refractivity contribution is 6.30. The molecular formula is C8H6ClN3O. The lowest BCUT2D eigenvalue weighted by Gasteiger charge is -1.98. The molecule has 1 N–H and O–H groups in total. The molecule has 0 unspecified atom stereocenters. The van der Waals surface area contributed by atoms with E-state index in [2.05, 4.69) is 10.1 Å². The Bertz CT molecular complexity index is 457. The van der Waals surface area contributed by atoms with Crippen LogP contribution in [0.5, 0.6) is 0 Å². The number of aromatic nitrogens is 3. The van der Waals surface area contributed by atoms with Crippen LogP contribution in [0.1, 0.15) is 0 Å². The zero-order chi connectivity index (χ0) is 9.26. The molecule has 0 saturated carbocycles. The van der Waals surface area contributed by atoms with E-state index < -0.39 is 0 Å². The van der Waals surface area contributed by atoms with Crippen LogP contribution in [0, 0.1) is 0 Å². The first-order valence-electron chi connectivity index (χ1n) is 3.66. The van der Waals surface area contributed by atoms with E-state index in [1.165, 1.54) is 11.0 Å². The molecule has 0 aliphatic carbocycles. The van der Waals surface area contributed by atoms with E-state index in [4.69, 9.17) is 11.6 Å². The summed E-state index contributed by atoms with van der Waals surface area (Å²) < 4.78 is 1.33. The molecule has 0 amide bonds. The molecule has 0 atom stereocenters. The fourth-order valence-electron chi connectivity index (χ4n) is 1.03. The summed E-state index contributed by atoms with van der Waals surface area (Å²) in [5.74, 6) is 0. The molecule has 4 nitrogen and oxygen atoms in total. The maximum Gasteiger partial charge on any atom is 0.368 e. The Morgan fingerprint density at radius 3 is 2.54 bits per heavy atom. The third kappa shape index (κ3) is 1.48. The first-order valence-corrected chi connectivity index (χ1v) is 4.03. The van der Waals surface area contributed by atoms with Gasteiger partial charge in [0.25, 0.3) is 0 Å². The summed E-state index contributed by atoms with van der Waals surface area (Å²) in [4.78, 5) is 14.6. The zero-order valence-corrected chi connectivity index (χ0v) is 7.32. The van der Waals surface area contributed by atoms with Crippen LogP contribution in [0.15, 0.2) is 35.4 Å². The van der Waals surface area contributed by atoms with Gasteiger partial charge in [-0.3, -0.25) is 5.10 Å². The van der Waals surface area contributed by atoms with Gasteiger partial charge in [0.1, 0.15) is 6.33 Å². The molecule has 0 saturated heterocycles. The van der Waals surface area contributed by atoms with Gasteiger partial charge in [-0.05, 0) is 24.3 Å². The Hall–Kier alpha value is -1.55. The van der Waals surface area contributed by atoms with Gasteiger partial charge in [-0.1, -0.05) is 11.6 Å². The highest BCUT2D eigenvalue weighted by atomic mass is 35.5. The normalized spacial score (nSPS) is 10.2. The molecule has 2 rings (SSSR count). The topological polar surface area (TPSA) is 50.7 Å². The molecule has 1 heterocycles. The summed E-state index contributed by atoms with van der Waals surface area (Å²) in [5.41, 5.74) is 0.384. The van der Waals surface area contributed by atoms with Gasteiger partial charge in [0, 0.05) is 5.02 Å². The molecule has 66 valence electrons. The Balaban J connectivity index is 2.54. The molecule has 2 aromatic rings. The summed E-state index contributed by atoms with van der Waals surface area (Å²) in [6, 6.07) is 6.90. The van der Waals surface area contributed by atoms with Crippen molar-refractivity contribution in [1.29, 1.82) is 0 Å². The number of nitrogens with zero attached hydrogens (tertiary/aromatic N) is 2. The lowest BCUT2D eigenvalue weighted by Crippen LogP contribution is -2.15. The van der Waals surface area contributed by atoms with Gasteiger partial charge in [-0.2, -0.15) is 4.98 Å². The smallest absolute Gasteiger partial charge is 0.279 e. The second-order valence-electron chi connectivity index (χ2n) is 2.48. The third-order valence-corrected chi connectivity index (χ3v) is 1.89. The minimum Gasteiger partial charge on any atom is -0.279 e. The standard InChI is InChI=1S/C8H6ClN3O/c9-6-1-3-7(4-2-6)12-8(13)10-5-11-12/h1-5H,(H,10,11,13). The van der Waals surface area contributed by atoms with E-state index in [1.807, 2.05) is 0 Å². The fraction of sp³-hybridized carbons (Fsp3) is 0. The van der Waals surface area contributed by atoms with Crippen LogP contribution in [-0.4, -0.2) is 14.8 Å². The number of nitrogens with one attached hydrogen (secondary N) is 1. The van der Waals surface area contributed by atoms with Gasteiger partial charge in [-0.15, -0.1) is 0 Å². The van der Waals surface area contributed by atoms with Gasteiger partial charge >= 0.3 is 5.69 Å². The zero-order valence-electron chi connectivity index (χ0n) is 6.57. The van der Waals surface area contributed by atoms with Crippen molar-refractivity contribution in [1.82, 2.24) is 14.8 Å². The average Bonchev–Trinajstić information content (AvgIpc) is 2.53. The summed E-state index contributed by atoms with van der Waals surface area (Å²) in [6.07, 6.45) is 1.34. The number of hydrogen-bond acceptors (Lipinski definition) is 2. The lowest BCUT2D eigenvalue weighted by molar-refractivity contribution is 0.843. The van der Waals surface area contributed by atoms with Crippen molar-refractivity contribution in [3.8, 4) is 5.69 Å². The second kappa shape index (κ2) is 3.06. The average molecular weight is 196 g/mol. The van der Waals surface area contributed by atoms with E-state index in [0.717, 1.165) is 0 Å². The Morgan fingerprint density at radius 2 is 2.00 bits per heavy atom. The predicted molar refractivity (Wildman–Crippen MR) is 49.2 cm³/mol. The fourth-order valence-corrected chi connectivity index (χ4v) is 1.16. The number of halogens is 1. The van der Waals surface area contributed by atoms with Crippen molar-refractivity contribution in [3.05, 3.63) is 46.1 Å². The van der Waals surface area contributed by atoms with E-state index in [-0.39, 0.29) is 5.69 Å². The van der Waals surface area contributed by atoms with Crippen molar-refractivity contribution in [2.75, 3.05) is 0 Å². The molecule has 5 heteroatoms. The molecule has 0 spiro atoms. The molecular weight excluding hydrogens is 190 g/mol. The largest absolute Gasteiger partial charge is 0.368 e. The predicted octanol–water partition coefficient (Wildman–Crippen LogP) is 1.21. The number of rotatable bonds is 1. The summed E-state index contributed by atoms with van der Waals surface area (Å²) >= 11 is 5.70. The van der Waals surface area contributed by atoms with Crippen molar-refractivity contribution in [2.45, 2.75) is 0 Å². The lowest BCUT2D eigenvalue weighted by atomic mass is 10.3. The van der Waals surface area contributed by atoms with Crippen molar-refractivity contribution < 1.29 is 0 Å². The molecule has 0 bridgehead atoms. The Labute approximate surface area is 78.8 Å². The van der Waals surface area contributed by atoms with Gasteiger partial charge in [-0.25, -0.2) is 9.48 Å². The van der Waals surface area contributed by atoms with Crippen LogP contribution < -0.4 is 5.69 Å². The summed E-state index contributed by atoms with van der Waals surface area (Å²) in [5, 5.41) is 3.33.